The Labute approximate surface area is 93.7 Å². The molecular weight excluding hydrogens is 209 g/mol. The Morgan fingerprint density at radius 2 is 2.25 bits per heavy atom. The summed E-state index contributed by atoms with van der Waals surface area (Å²) in [7, 11) is 1.38. The highest BCUT2D eigenvalue weighted by Crippen LogP contribution is 2.26. The minimum Gasteiger partial charge on any atom is -0.495 e. The molecule has 16 heavy (non-hydrogen) atoms. The van der Waals surface area contributed by atoms with Gasteiger partial charge in [0.2, 0.25) is 0 Å². The molecule has 0 aliphatic carbocycles. The molecule has 0 spiro atoms. The molecule has 0 bridgehead atoms. The van der Waals surface area contributed by atoms with Crippen molar-refractivity contribution in [3.05, 3.63) is 35.7 Å². The maximum absolute atomic E-state index is 13.5. The van der Waals surface area contributed by atoms with Crippen molar-refractivity contribution < 1.29 is 13.9 Å². The van der Waals surface area contributed by atoms with Crippen LogP contribution >= 0.6 is 0 Å². The van der Waals surface area contributed by atoms with Gasteiger partial charge in [-0.15, -0.1) is 0 Å². The Bertz CT molecular complexity index is 449. The molecule has 1 aromatic carbocycles. The van der Waals surface area contributed by atoms with Crippen molar-refractivity contribution in [3.8, 4) is 11.8 Å². The van der Waals surface area contributed by atoms with Crippen LogP contribution in [0.5, 0.6) is 5.75 Å². The molecule has 0 atom stereocenters. The Morgan fingerprint density at radius 1 is 1.56 bits per heavy atom. The van der Waals surface area contributed by atoms with Crippen LogP contribution in [0.2, 0.25) is 0 Å². The second-order valence-electron chi connectivity index (χ2n) is 3.00. The van der Waals surface area contributed by atoms with E-state index in [1.807, 2.05) is 6.92 Å². The average molecular weight is 221 g/mol. The minimum absolute atomic E-state index is 0.115. The van der Waals surface area contributed by atoms with Gasteiger partial charge < -0.3 is 9.47 Å². The van der Waals surface area contributed by atoms with Gasteiger partial charge in [0.1, 0.15) is 29.0 Å². The van der Waals surface area contributed by atoms with Crippen LogP contribution in [0.1, 0.15) is 18.1 Å². The lowest BCUT2D eigenvalue weighted by Crippen LogP contribution is -1.97. The third kappa shape index (κ3) is 2.31. The molecular formula is C12H12FNO2. The van der Waals surface area contributed by atoms with Gasteiger partial charge in [-0.05, 0) is 19.1 Å². The molecule has 0 amide bonds. The molecule has 0 saturated carbocycles. The summed E-state index contributed by atoms with van der Waals surface area (Å²) in [6.07, 6.45) is 0. The monoisotopic (exact) mass is 221 g/mol. The van der Waals surface area contributed by atoms with Crippen LogP contribution in [0.4, 0.5) is 4.39 Å². The van der Waals surface area contributed by atoms with E-state index in [4.69, 9.17) is 14.7 Å². The number of nitriles is 1. The number of methoxy groups -OCH3 is 1. The third-order valence-electron chi connectivity index (χ3n) is 2.03. The predicted molar refractivity (Wildman–Crippen MR) is 58.3 cm³/mol. The first kappa shape index (κ1) is 12.1. The van der Waals surface area contributed by atoms with Gasteiger partial charge in [0, 0.05) is 5.56 Å². The van der Waals surface area contributed by atoms with E-state index in [1.165, 1.54) is 19.2 Å². The molecule has 0 N–H and O–H groups in total. The molecule has 0 saturated heterocycles. The molecule has 0 unspecified atom stereocenters. The fraction of sp³-hybridized carbons (Fsp3) is 0.250. The van der Waals surface area contributed by atoms with Gasteiger partial charge in [-0.2, -0.15) is 5.26 Å². The molecule has 1 aromatic rings. The van der Waals surface area contributed by atoms with Gasteiger partial charge >= 0.3 is 0 Å². The van der Waals surface area contributed by atoms with Crippen LogP contribution in [0.25, 0.3) is 5.76 Å². The van der Waals surface area contributed by atoms with Crippen LogP contribution in [-0.2, 0) is 4.74 Å². The van der Waals surface area contributed by atoms with E-state index in [2.05, 4.69) is 6.58 Å². The SMILES string of the molecule is C=C(OCC)c1cc(F)c(C#N)c(OC)c1. The molecule has 0 radical (unpaired) electrons. The zero-order valence-corrected chi connectivity index (χ0v) is 9.21. The van der Waals surface area contributed by atoms with Gasteiger partial charge in [-0.1, -0.05) is 6.58 Å². The molecule has 84 valence electrons. The summed E-state index contributed by atoms with van der Waals surface area (Å²) in [5, 5.41) is 8.74. The first-order chi connectivity index (χ1) is 7.63. The standard InChI is InChI=1S/C12H12FNO2/c1-4-16-8(2)9-5-11(13)10(7-14)12(6-9)15-3/h5-6H,2,4H2,1,3H3. The zero-order valence-electron chi connectivity index (χ0n) is 9.21. The quantitative estimate of drug-likeness (QED) is 0.734. The van der Waals surface area contributed by atoms with Crippen LogP contribution in [0.3, 0.4) is 0 Å². The average Bonchev–Trinajstić information content (AvgIpc) is 2.28. The van der Waals surface area contributed by atoms with Gasteiger partial charge in [0.15, 0.2) is 0 Å². The largest absolute Gasteiger partial charge is 0.495 e. The summed E-state index contributed by atoms with van der Waals surface area (Å²) >= 11 is 0. The Morgan fingerprint density at radius 3 is 2.75 bits per heavy atom. The predicted octanol–water partition coefficient (Wildman–Crippen LogP) is 2.71. The first-order valence-corrected chi connectivity index (χ1v) is 4.73. The lowest BCUT2D eigenvalue weighted by molar-refractivity contribution is 0.298. The number of halogens is 1. The van der Waals surface area contributed by atoms with Crippen molar-refractivity contribution in [1.82, 2.24) is 0 Å². The van der Waals surface area contributed by atoms with Gasteiger partial charge in [-0.25, -0.2) is 4.39 Å². The summed E-state index contributed by atoms with van der Waals surface area (Å²) in [4.78, 5) is 0. The molecule has 1 rings (SSSR count). The van der Waals surface area contributed by atoms with Gasteiger partial charge in [-0.3, -0.25) is 0 Å². The van der Waals surface area contributed by atoms with Crippen molar-refractivity contribution in [1.29, 1.82) is 5.26 Å². The summed E-state index contributed by atoms with van der Waals surface area (Å²) in [6, 6.07) is 4.48. The maximum Gasteiger partial charge on any atom is 0.145 e. The van der Waals surface area contributed by atoms with E-state index in [1.54, 1.807) is 6.07 Å². The van der Waals surface area contributed by atoms with E-state index in [0.29, 0.717) is 17.9 Å². The number of benzene rings is 1. The topological polar surface area (TPSA) is 42.2 Å². The molecule has 0 aromatic heterocycles. The number of hydrogen-bond acceptors (Lipinski definition) is 3. The van der Waals surface area contributed by atoms with E-state index < -0.39 is 5.82 Å². The fourth-order valence-corrected chi connectivity index (χ4v) is 1.27. The lowest BCUT2D eigenvalue weighted by atomic mass is 10.1. The molecule has 0 aliphatic rings. The van der Waals surface area contributed by atoms with Crippen molar-refractivity contribution >= 4 is 5.76 Å². The first-order valence-electron chi connectivity index (χ1n) is 4.73. The Kier molecular flexibility index (Phi) is 3.90. The third-order valence-corrected chi connectivity index (χ3v) is 2.03. The summed E-state index contributed by atoms with van der Waals surface area (Å²) < 4.78 is 23.6. The highest BCUT2D eigenvalue weighted by Gasteiger charge is 2.13. The van der Waals surface area contributed by atoms with Crippen LogP contribution in [-0.4, -0.2) is 13.7 Å². The van der Waals surface area contributed by atoms with Crippen LogP contribution < -0.4 is 4.74 Å². The Balaban J connectivity index is 3.21. The lowest BCUT2D eigenvalue weighted by Gasteiger charge is -2.10. The number of hydrogen-bond donors (Lipinski definition) is 0. The van der Waals surface area contributed by atoms with Crippen molar-refractivity contribution in [2.75, 3.05) is 13.7 Å². The molecule has 3 nitrogen and oxygen atoms in total. The number of rotatable bonds is 4. The van der Waals surface area contributed by atoms with Crippen molar-refractivity contribution in [2.24, 2.45) is 0 Å². The summed E-state index contributed by atoms with van der Waals surface area (Å²) in [5.74, 6) is -0.111. The normalized spacial score (nSPS) is 9.38. The summed E-state index contributed by atoms with van der Waals surface area (Å²) in [6.45, 7) is 5.91. The van der Waals surface area contributed by atoms with Crippen molar-refractivity contribution in [2.45, 2.75) is 6.92 Å². The Hall–Kier alpha value is -2.02. The zero-order chi connectivity index (χ0) is 12.1. The molecule has 0 heterocycles. The highest BCUT2D eigenvalue weighted by molar-refractivity contribution is 5.62. The van der Waals surface area contributed by atoms with Gasteiger partial charge in [0.25, 0.3) is 0 Å². The second-order valence-corrected chi connectivity index (χ2v) is 3.00. The van der Waals surface area contributed by atoms with Gasteiger partial charge in [0.05, 0.1) is 13.7 Å². The van der Waals surface area contributed by atoms with Crippen molar-refractivity contribution in [3.63, 3.8) is 0 Å². The number of ether oxygens (including phenoxy) is 2. The van der Waals surface area contributed by atoms with E-state index in [-0.39, 0.29) is 11.3 Å². The fourth-order valence-electron chi connectivity index (χ4n) is 1.27. The number of nitrogens with zero attached hydrogens (tertiary/aromatic N) is 1. The smallest absolute Gasteiger partial charge is 0.145 e. The second kappa shape index (κ2) is 5.17. The molecule has 4 heteroatoms. The highest BCUT2D eigenvalue weighted by atomic mass is 19.1. The van der Waals surface area contributed by atoms with E-state index in [0.717, 1.165) is 0 Å². The van der Waals surface area contributed by atoms with Crippen LogP contribution in [0.15, 0.2) is 18.7 Å². The van der Waals surface area contributed by atoms with Crippen LogP contribution in [0, 0.1) is 17.1 Å². The molecule has 0 fully saturated rings. The molecule has 0 aliphatic heterocycles. The summed E-state index contributed by atoms with van der Waals surface area (Å²) in [5.41, 5.74) is 0.353. The maximum atomic E-state index is 13.5. The van der Waals surface area contributed by atoms with E-state index in [9.17, 15) is 4.39 Å². The minimum atomic E-state index is -0.641. The van der Waals surface area contributed by atoms with E-state index >= 15 is 0 Å².